The van der Waals surface area contributed by atoms with Crippen molar-refractivity contribution in [2.45, 2.75) is 31.6 Å². The molecule has 0 unspecified atom stereocenters. The molecule has 0 amide bonds. The quantitative estimate of drug-likeness (QED) is 0.827. The topological polar surface area (TPSA) is 41.6 Å². The van der Waals surface area contributed by atoms with E-state index < -0.39 is 0 Å². The Morgan fingerprint density at radius 2 is 1.89 bits per heavy atom. The van der Waals surface area contributed by atoms with E-state index in [-0.39, 0.29) is 0 Å². The summed E-state index contributed by atoms with van der Waals surface area (Å²) in [5.41, 5.74) is 2.31. The number of aromatic nitrogens is 2. The van der Waals surface area contributed by atoms with Crippen LogP contribution in [0.2, 0.25) is 5.15 Å². The first-order valence-corrected chi connectivity index (χ1v) is 6.93. The van der Waals surface area contributed by atoms with E-state index in [0.29, 0.717) is 16.6 Å². The molecule has 1 aromatic carbocycles. The summed E-state index contributed by atoms with van der Waals surface area (Å²) in [6.07, 6.45) is 4.64. The molecule has 3 rings (SSSR count). The van der Waals surface area contributed by atoms with E-state index in [1.807, 2.05) is 30.3 Å². The normalized spacial score (nSPS) is 15.6. The molecule has 1 saturated carbocycles. The predicted molar refractivity (Wildman–Crippen MR) is 74.5 cm³/mol. The molecule has 3 nitrogen and oxygen atoms in total. The zero-order valence-electron chi connectivity index (χ0n) is 10.5. The molecule has 0 saturated heterocycles. The lowest BCUT2D eigenvalue weighted by Crippen LogP contribution is -1.99. The third kappa shape index (κ3) is 2.13. The number of benzene rings is 1. The molecular weight excluding hydrogens is 258 g/mol. The van der Waals surface area contributed by atoms with Crippen LogP contribution in [0, 0.1) is 11.3 Å². The Balaban J connectivity index is 2.10. The van der Waals surface area contributed by atoms with E-state index in [0.717, 1.165) is 24.2 Å². The highest BCUT2D eigenvalue weighted by Gasteiger charge is 2.26. The van der Waals surface area contributed by atoms with Crippen molar-refractivity contribution in [2.75, 3.05) is 0 Å². The second kappa shape index (κ2) is 5.07. The predicted octanol–water partition coefficient (Wildman–Crippen LogP) is 4.05. The monoisotopic (exact) mass is 271 g/mol. The second-order valence-electron chi connectivity index (χ2n) is 4.89. The number of nitriles is 1. The fourth-order valence-corrected chi connectivity index (χ4v) is 3.02. The van der Waals surface area contributed by atoms with Crippen molar-refractivity contribution in [3.63, 3.8) is 0 Å². The summed E-state index contributed by atoms with van der Waals surface area (Å²) >= 11 is 6.32. The largest absolute Gasteiger partial charge is 0.221 e. The molecule has 0 atom stereocenters. The molecule has 1 fully saturated rings. The second-order valence-corrected chi connectivity index (χ2v) is 5.25. The molecule has 96 valence electrons. The van der Waals surface area contributed by atoms with Crippen molar-refractivity contribution in [1.82, 2.24) is 9.78 Å². The first-order valence-electron chi connectivity index (χ1n) is 6.55. The van der Waals surface area contributed by atoms with Crippen LogP contribution in [0.1, 0.15) is 42.9 Å². The molecule has 0 bridgehead atoms. The number of nitrogens with zero attached hydrogens (tertiary/aromatic N) is 3. The van der Waals surface area contributed by atoms with Gasteiger partial charge >= 0.3 is 0 Å². The minimum atomic E-state index is 0.386. The zero-order valence-corrected chi connectivity index (χ0v) is 11.3. The molecule has 1 heterocycles. The lowest BCUT2D eigenvalue weighted by Gasteiger charge is -2.05. The van der Waals surface area contributed by atoms with Crippen molar-refractivity contribution < 1.29 is 0 Å². The van der Waals surface area contributed by atoms with E-state index in [1.54, 1.807) is 4.68 Å². The van der Waals surface area contributed by atoms with Gasteiger partial charge in [0.25, 0.3) is 0 Å². The van der Waals surface area contributed by atoms with Gasteiger partial charge in [0, 0.05) is 5.92 Å². The Bertz CT molecular complexity index is 619. The van der Waals surface area contributed by atoms with Crippen LogP contribution in [-0.4, -0.2) is 9.78 Å². The van der Waals surface area contributed by atoms with E-state index in [1.165, 1.54) is 12.8 Å². The summed E-state index contributed by atoms with van der Waals surface area (Å²) in [6, 6.07) is 11.9. The fourth-order valence-electron chi connectivity index (χ4n) is 2.74. The number of hydrogen-bond donors (Lipinski definition) is 0. The summed E-state index contributed by atoms with van der Waals surface area (Å²) in [5.74, 6) is 0.386. The highest BCUT2D eigenvalue weighted by Crippen LogP contribution is 2.37. The molecule has 19 heavy (non-hydrogen) atoms. The van der Waals surface area contributed by atoms with Gasteiger partial charge in [-0.1, -0.05) is 42.6 Å². The number of halogens is 1. The number of para-hydroxylation sites is 1. The van der Waals surface area contributed by atoms with Gasteiger partial charge < -0.3 is 0 Å². The van der Waals surface area contributed by atoms with E-state index >= 15 is 0 Å². The highest BCUT2D eigenvalue weighted by molar-refractivity contribution is 6.31. The van der Waals surface area contributed by atoms with Crippen LogP contribution in [0.3, 0.4) is 0 Å². The van der Waals surface area contributed by atoms with Gasteiger partial charge in [-0.3, -0.25) is 0 Å². The maximum atomic E-state index is 9.33. The fraction of sp³-hybridized carbons (Fsp3) is 0.333. The lowest BCUT2D eigenvalue weighted by atomic mass is 10.0. The lowest BCUT2D eigenvalue weighted by molar-refractivity contribution is 0.677. The van der Waals surface area contributed by atoms with Crippen LogP contribution < -0.4 is 0 Å². The van der Waals surface area contributed by atoms with Crippen molar-refractivity contribution in [3.05, 3.63) is 46.7 Å². The maximum absolute atomic E-state index is 9.33. The SMILES string of the molecule is N#Cc1c(C2CCCC2)nn(-c2ccccc2)c1Cl. The van der Waals surface area contributed by atoms with E-state index in [4.69, 9.17) is 11.6 Å². The average Bonchev–Trinajstić information content (AvgIpc) is 3.07. The number of rotatable bonds is 2. The van der Waals surface area contributed by atoms with E-state index in [9.17, 15) is 5.26 Å². The summed E-state index contributed by atoms with van der Waals surface area (Å²) < 4.78 is 1.67. The zero-order chi connectivity index (χ0) is 13.2. The van der Waals surface area contributed by atoms with Gasteiger partial charge in [0.15, 0.2) is 5.15 Å². The van der Waals surface area contributed by atoms with Crippen molar-refractivity contribution in [3.8, 4) is 11.8 Å². The van der Waals surface area contributed by atoms with Crippen LogP contribution >= 0.6 is 11.6 Å². The van der Waals surface area contributed by atoms with Crippen LogP contribution in [0.4, 0.5) is 0 Å². The summed E-state index contributed by atoms with van der Waals surface area (Å²) in [7, 11) is 0. The van der Waals surface area contributed by atoms with Crippen LogP contribution in [-0.2, 0) is 0 Å². The average molecular weight is 272 g/mol. The molecule has 0 radical (unpaired) electrons. The Kier molecular flexibility index (Phi) is 3.27. The molecule has 1 aliphatic rings. The summed E-state index contributed by atoms with van der Waals surface area (Å²) in [4.78, 5) is 0. The molecule has 0 spiro atoms. The first-order chi connectivity index (χ1) is 9.31. The Labute approximate surface area is 117 Å². The molecular formula is C15H14ClN3. The first kappa shape index (κ1) is 12.3. The van der Waals surface area contributed by atoms with Crippen molar-refractivity contribution >= 4 is 11.6 Å². The molecule has 0 aliphatic heterocycles. The summed E-state index contributed by atoms with van der Waals surface area (Å²) in [5, 5.41) is 14.4. The molecule has 0 N–H and O–H groups in total. The van der Waals surface area contributed by atoms with Gasteiger partial charge in [0.1, 0.15) is 11.6 Å². The van der Waals surface area contributed by atoms with Crippen molar-refractivity contribution in [2.24, 2.45) is 0 Å². The molecule has 4 heteroatoms. The smallest absolute Gasteiger partial charge is 0.150 e. The van der Waals surface area contributed by atoms with E-state index in [2.05, 4.69) is 11.2 Å². The van der Waals surface area contributed by atoms with Crippen LogP contribution in [0.5, 0.6) is 0 Å². The Hall–Kier alpha value is -1.79. The minimum absolute atomic E-state index is 0.386. The Morgan fingerprint density at radius 1 is 1.21 bits per heavy atom. The van der Waals surface area contributed by atoms with Gasteiger partial charge in [-0.05, 0) is 25.0 Å². The van der Waals surface area contributed by atoms with Crippen LogP contribution in [0.15, 0.2) is 30.3 Å². The highest BCUT2D eigenvalue weighted by atomic mass is 35.5. The third-order valence-corrected chi connectivity index (χ3v) is 4.06. The third-order valence-electron chi connectivity index (χ3n) is 3.71. The minimum Gasteiger partial charge on any atom is -0.221 e. The van der Waals surface area contributed by atoms with Gasteiger partial charge in [0.2, 0.25) is 0 Å². The standard InChI is InChI=1S/C15H14ClN3/c16-15-13(10-17)14(11-6-4-5-7-11)18-19(15)12-8-2-1-3-9-12/h1-3,8-9,11H,4-7H2. The van der Waals surface area contributed by atoms with Gasteiger partial charge in [-0.2, -0.15) is 10.4 Å². The maximum Gasteiger partial charge on any atom is 0.150 e. The van der Waals surface area contributed by atoms with Gasteiger partial charge in [-0.15, -0.1) is 0 Å². The van der Waals surface area contributed by atoms with Gasteiger partial charge in [0.05, 0.1) is 11.4 Å². The molecule has 1 aliphatic carbocycles. The molecule has 1 aromatic heterocycles. The molecule has 2 aromatic rings. The van der Waals surface area contributed by atoms with Crippen molar-refractivity contribution in [1.29, 1.82) is 5.26 Å². The van der Waals surface area contributed by atoms with Crippen LogP contribution in [0.25, 0.3) is 5.69 Å². The summed E-state index contributed by atoms with van der Waals surface area (Å²) in [6.45, 7) is 0. The van der Waals surface area contributed by atoms with Gasteiger partial charge in [-0.25, -0.2) is 4.68 Å². The Morgan fingerprint density at radius 3 is 2.53 bits per heavy atom. The number of hydrogen-bond acceptors (Lipinski definition) is 2.